The van der Waals surface area contributed by atoms with Crippen LogP contribution in [0.5, 0.6) is 0 Å². The summed E-state index contributed by atoms with van der Waals surface area (Å²) >= 11 is 1.57. The molecule has 3 aromatic rings. The monoisotopic (exact) mass is 298 g/mol. The topological polar surface area (TPSA) is 67.6 Å². The Bertz CT molecular complexity index is 747. The van der Waals surface area contributed by atoms with Crippen molar-refractivity contribution in [3.63, 3.8) is 0 Å². The van der Waals surface area contributed by atoms with E-state index in [2.05, 4.69) is 60.2 Å². The summed E-state index contributed by atoms with van der Waals surface area (Å²) in [6.07, 6.45) is 1.71. The van der Waals surface area contributed by atoms with Crippen molar-refractivity contribution in [2.45, 2.75) is 26.2 Å². The summed E-state index contributed by atoms with van der Waals surface area (Å²) in [4.78, 5) is 4.65. The molecule has 2 heterocycles. The van der Waals surface area contributed by atoms with Crippen LogP contribution in [0.3, 0.4) is 0 Å². The number of H-pyrrole nitrogens is 1. The highest BCUT2D eigenvalue weighted by atomic mass is 32.1. The molecule has 3 rings (SSSR count). The second-order valence-corrected chi connectivity index (χ2v) is 6.92. The number of anilines is 1. The second kappa shape index (κ2) is 5.00. The van der Waals surface area contributed by atoms with E-state index in [1.165, 1.54) is 5.56 Å². The molecule has 0 aliphatic carbocycles. The first-order chi connectivity index (χ1) is 9.95. The minimum atomic E-state index is 0.164. The molecule has 0 aliphatic heterocycles. The number of nitrogens with zero attached hydrogens (tertiary/aromatic N) is 2. The van der Waals surface area contributed by atoms with Crippen molar-refractivity contribution in [3.8, 4) is 21.8 Å². The highest BCUT2D eigenvalue weighted by molar-refractivity contribution is 7.13. The van der Waals surface area contributed by atoms with E-state index in [0.29, 0.717) is 5.82 Å². The molecule has 0 atom stereocenters. The maximum absolute atomic E-state index is 5.84. The first-order valence-corrected chi connectivity index (χ1v) is 7.69. The van der Waals surface area contributed by atoms with Crippen molar-refractivity contribution in [2.24, 2.45) is 0 Å². The Kier molecular flexibility index (Phi) is 3.29. The lowest BCUT2D eigenvalue weighted by Crippen LogP contribution is -2.10. The smallest absolute Gasteiger partial charge is 0.129 e. The predicted molar refractivity (Wildman–Crippen MR) is 88.2 cm³/mol. The Balaban J connectivity index is 1.92. The van der Waals surface area contributed by atoms with Crippen LogP contribution < -0.4 is 5.73 Å². The van der Waals surface area contributed by atoms with E-state index in [4.69, 9.17) is 5.73 Å². The third kappa shape index (κ3) is 2.69. The van der Waals surface area contributed by atoms with Gasteiger partial charge in [0.2, 0.25) is 0 Å². The number of aromatic amines is 1. The van der Waals surface area contributed by atoms with Gasteiger partial charge in [0, 0.05) is 10.9 Å². The summed E-state index contributed by atoms with van der Waals surface area (Å²) in [5.41, 5.74) is 10.3. The van der Waals surface area contributed by atoms with Crippen LogP contribution in [-0.4, -0.2) is 15.2 Å². The fourth-order valence-electron chi connectivity index (χ4n) is 2.14. The van der Waals surface area contributed by atoms with Crippen LogP contribution in [0.4, 0.5) is 5.82 Å². The zero-order chi connectivity index (χ0) is 15.0. The second-order valence-electron chi connectivity index (χ2n) is 6.06. The van der Waals surface area contributed by atoms with Crippen molar-refractivity contribution < 1.29 is 0 Å². The Hall–Kier alpha value is -2.14. The van der Waals surface area contributed by atoms with Crippen molar-refractivity contribution in [1.29, 1.82) is 0 Å². The van der Waals surface area contributed by atoms with E-state index < -0.39 is 0 Å². The molecule has 0 saturated carbocycles. The molecular weight excluding hydrogens is 280 g/mol. The number of thiazole rings is 1. The molecule has 5 heteroatoms. The van der Waals surface area contributed by atoms with Gasteiger partial charge in [0.15, 0.2) is 0 Å². The molecule has 3 N–H and O–H groups in total. The van der Waals surface area contributed by atoms with Gasteiger partial charge in [-0.2, -0.15) is 5.10 Å². The van der Waals surface area contributed by atoms with Gasteiger partial charge in [-0.15, -0.1) is 11.3 Å². The van der Waals surface area contributed by atoms with Crippen LogP contribution in [-0.2, 0) is 5.41 Å². The third-order valence-corrected chi connectivity index (χ3v) is 4.33. The molecule has 4 nitrogen and oxygen atoms in total. The van der Waals surface area contributed by atoms with Gasteiger partial charge in [-0.25, -0.2) is 4.98 Å². The highest BCUT2D eigenvalue weighted by Crippen LogP contribution is 2.32. The van der Waals surface area contributed by atoms with Gasteiger partial charge in [-0.3, -0.25) is 5.10 Å². The standard InChI is InChI=1S/C16H18N4S/c1-16(2,3)11-6-4-10(5-7-11)13-9-21-15(19-13)12-8-18-20-14(12)17/h4-9H,1-3H3,(H3,17,18,20). The Morgan fingerprint density at radius 2 is 1.86 bits per heavy atom. The number of rotatable bonds is 2. The molecule has 0 bridgehead atoms. The lowest BCUT2D eigenvalue weighted by molar-refractivity contribution is 0.590. The summed E-state index contributed by atoms with van der Waals surface area (Å²) in [6, 6.07) is 8.58. The van der Waals surface area contributed by atoms with Gasteiger partial charge >= 0.3 is 0 Å². The molecule has 0 radical (unpaired) electrons. The lowest BCUT2D eigenvalue weighted by atomic mass is 9.86. The summed E-state index contributed by atoms with van der Waals surface area (Å²) < 4.78 is 0. The molecule has 0 spiro atoms. The van der Waals surface area contributed by atoms with Crippen LogP contribution in [0.1, 0.15) is 26.3 Å². The normalized spacial score (nSPS) is 11.8. The van der Waals surface area contributed by atoms with Crippen molar-refractivity contribution in [1.82, 2.24) is 15.2 Å². The minimum Gasteiger partial charge on any atom is -0.383 e. The largest absolute Gasteiger partial charge is 0.383 e. The van der Waals surface area contributed by atoms with E-state index in [1.54, 1.807) is 17.5 Å². The zero-order valence-corrected chi connectivity index (χ0v) is 13.2. The summed E-state index contributed by atoms with van der Waals surface area (Å²) in [7, 11) is 0. The fourth-order valence-corrected chi connectivity index (χ4v) is 2.99. The molecular formula is C16H18N4S. The zero-order valence-electron chi connectivity index (χ0n) is 12.3. The summed E-state index contributed by atoms with van der Waals surface area (Å²) in [5, 5.41) is 9.60. The Morgan fingerprint density at radius 3 is 2.43 bits per heavy atom. The summed E-state index contributed by atoms with van der Waals surface area (Å²) in [6.45, 7) is 6.64. The Labute approximate surface area is 128 Å². The molecule has 2 aromatic heterocycles. The highest BCUT2D eigenvalue weighted by Gasteiger charge is 2.14. The van der Waals surface area contributed by atoms with E-state index in [1.807, 2.05) is 5.38 Å². The van der Waals surface area contributed by atoms with Crippen LogP contribution in [0.25, 0.3) is 21.8 Å². The summed E-state index contributed by atoms with van der Waals surface area (Å²) in [5.74, 6) is 0.555. The van der Waals surface area contributed by atoms with Crippen LogP contribution >= 0.6 is 11.3 Å². The first kappa shape index (κ1) is 13.8. The molecule has 1 aromatic carbocycles. The molecule has 21 heavy (non-hydrogen) atoms. The van der Waals surface area contributed by atoms with E-state index in [-0.39, 0.29) is 5.41 Å². The number of nitrogen functional groups attached to an aromatic ring is 1. The van der Waals surface area contributed by atoms with Crippen molar-refractivity contribution >= 4 is 17.2 Å². The van der Waals surface area contributed by atoms with Gasteiger partial charge in [0.25, 0.3) is 0 Å². The van der Waals surface area contributed by atoms with E-state index >= 15 is 0 Å². The van der Waals surface area contributed by atoms with Crippen molar-refractivity contribution in [2.75, 3.05) is 5.73 Å². The maximum atomic E-state index is 5.84. The lowest BCUT2D eigenvalue weighted by Gasteiger charge is -2.18. The number of nitrogens with one attached hydrogen (secondary N) is 1. The molecule has 0 saturated heterocycles. The molecule has 0 amide bonds. The van der Waals surface area contributed by atoms with E-state index in [9.17, 15) is 0 Å². The van der Waals surface area contributed by atoms with Crippen LogP contribution in [0.15, 0.2) is 35.8 Å². The van der Waals surface area contributed by atoms with Gasteiger partial charge in [0.05, 0.1) is 17.5 Å². The van der Waals surface area contributed by atoms with Gasteiger partial charge in [-0.05, 0) is 11.0 Å². The minimum absolute atomic E-state index is 0.164. The number of nitrogens with two attached hydrogens (primary N) is 1. The fraction of sp³-hybridized carbons (Fsp3) is 0.250. The number of aromatic nitrogens is 3. The average molecular weight is 298 g/mol. The van der Waals surface area contributed by atoms with Crippen LogP contribution in [0.2, 0.25) is 0 Å². The van der Waals surface area contributed by atoms with Crippen LogP contribution in [0, 0.1) is 0 Å². The van der Waals surface area contributed by atoms with Gasteiger partial charge in [-0.1, -0.05) is 45.0 Å². The average Bonchev–Trinajstić information content (AvgIpc) is 3.06. The number of hydrogen-bond acceptors (Lipinski definition) is 4. The van der Waals surface area contributed by atoms with E-state index in [0.717, 1.165) is 21.8 Å². The molecule has 108 valence electrons. The third-order valence-electron chi connectivity index (χ3n) is 3.45. The SMILES string of the molecule is CC(C)(C)c1ccc(-c2csc(-c3cn[nH]c3N)n2)cc1. The van der Waals surface area contributed by atoms with Gasteiger partial charge in [0.1, 0.15) is 10.8 Å². The quantitative estimate of drug-likeness (QED) is 0.749. The maximum Gasteiger partial charge on any atom is 0.129 e. The predicted octanol–water partition coefficient (Wildman–Crippen LogP) is 4.08. The number of hydrogen-bond donors (Lipinski definition) is 2. The molecule has 0 fully saturated rings. The number of benzene rings is 1. The van der Waals surface area contributed by atoms with Crippen molar-refractivity contribution in [3.05, 3.63) is 41.4 Å². The first-order valence-electron chi connectivity index (χ1n) is 6.81. The molecule has 0 unspecified atom stereocenters. The van der Waals surface area contributed by atoms with Gasteiger partial charge < -0.3 is 5.73 Å². The Morgan fingerprint density at radius 1 is 1.14 bits per heavy atom. The molecule has 0 aliphatic rings.